The average molecular weight is 435 g/mol. The fourth-order valence-corrected chi connectivity index (χ4v) is 4.63. The van der Waals surface area contributed by atoms with Crippen LogP contribution in [0.25, 0.3) is 44.3 Å². The van der Waals surface area contributed by atoms with E-state index in [-0.39, 0.29) is 5.41 Å². The van der Waals surface area contributed by atoms with Crippen molar-refractivity contribution in [1.82, 2.24) is 9.97 Å². The monoisotopic (exact) mass is 434 g/mol. The van der Waals surface area contributed by atoms with Crippen LogP contribution in [0.3, 0.4) is 0 Å². The third-order valence-electron chi connectivity index (χ3n) is 6.19. The van der Waals surface area contributed by atoms with Crippen LogP contribution in [0.15, 0.2) is 77.7 Å². The molecule has 0 saturated carbocycles. The Morgan fingerprint density at radius 1 is 0.879 bits per heavy atom. The lowest BCUT2D eigenvalue weighted by Gasteiger charge is -2.22. The van der Waals surface area contributed by atoms with Gasteiger partial charge in [-0.3, -0.25) is 9.97 Å². The maximum atomic E-state index is 6.02. The first-order chi connectivity index (χ1) is 15.8. The third kappa shape index (κ3) is 4.04. The Balaban J connectivity index is 1.64. The lowest BCUT2D eigenvalue weighted by atomic mass is 9.82. The van der Waals surface area contributed by atoms with Gasteiger partial charge in [0, 0.05) is 29.1 Å². The summed E-state index contributed by atoms with van der Waals surface area (Å²) in [6.45, 7) is 11.2. The van der Waals surface area contributed by atoms with E-state index in [0.29, 0.717) is 5.92 Å². The van der Waals surface area contributed by atoms with Gasteiger partial charge in [0.25, 0.3) is 0 Å². The van der Waals surface area contributed by atoms with Crippen LogP contribution in [0.1, 0.15) is 45.7 Å². The first kappa shape index (κ1) is 21.4. The molecule has 3 aromatic heterocycles. The average Bonchev–Trinajstić information content (AvgIpc) is 3.20. The Labute approximate surface area is 195 Å². The zero-order valence-corrected chi connectivity index (χ0v) is 20.0. The highest BCUT2D eigenvalue weighted by Crippen LogP contribution is 2.36. The van der Waals surface area contributed by atoms with Crippen molar-refractivity contribution in [2.45, 2.75) is 46.5 Å². The minimum absolute atomic E-state index is 0.0332. The highest BCUT2D eigenvalue weighted by Gasteiger charge is 2.19. The van der Waals surface area contributed by atoms with Gasteiger partial charge in [-0.15, -0.1) is 0 Å². The second kappa shape index (κ2) is 8.15. The summed E-state index contributed by atoms with van der Waals surface area (Å²) in [4.78, 5) is 9.37. The molecule has 3 nitrogen and oxygen atoms in total. The number of benzene rings is 2. The van der Waals surface area contributed by atoms with Crippen LogP contribution in [0.2, 0.25) is 0 Å². The van der Waals surface area contributed by atoms with Crippen LogP contribution >= 0.6 is 0 Å². The molecule has 0 aliphatic heterocycles. The number of aromatic nitrogens is 2. The Bertz CT molecular complexity index is 1450. The molecule has 0 radical (unpaired) electrons. The van der Waals surface area contributed by atoms with E-state index in [1.165, 1.54) is 21.9 Å². The second-order valence-corrected chi connectivity index (χ2v) is 10.3. The first-order valence-electron chi connectivity index (χ1n) is 11.7. The molecule has 0 N–H and O–H groups in total. The van der Waals surface area contributed by atoms with Gasteiger partial charge in [-0.05, 0) is 70.0 Å². The van der Waals surface area contributed by atoms with Crippen LogP contribution in [0, 0.1) is 5.92 Å². The summed E-state index contributed by atoms with van der Waals surface area (Å²) in [7, 11) is 0. The van der Waals surface area contributed by atoms with E-state index < -0.39 is 0 Å². The molecule has 2 aromatic carbocycles. The maximum Gasteiger partial charge on any atom is 0.160 e. The van der Waals surface area contributed by atoms with Gasteiger partial charge < -0.3 is 4.42 Å². The Kier molecular flexibility index (Phi) is 5.28. The van der Waals surface area contributed by atoms with Crippen molar-refractivity contribution in [1.29, 1.82) is 0 Å². The molecule has 0 aliphatic rings. The van der Waals surface area contributed by atoms with E-state index in [0.717, 1.165) is 39.9 Å². The quantitative estimate of drug-likeness (QED) is 0.286. The molecule has 0 aliphatic carbocycles. The molecule has 0 bridgehead atoms. The minimum Gasteiger partial charge on any atom is -0.462 e. The number of hydrogen-bond donors (Lipinski definition) is 0. The van der Waals surface area contributed by atoms with Gasteiger partial charge in [-0.1, -0.05) is 58.9 Å². The van der Waals surface area contributed by atoms with E-state index in [9.17, 15) is 0 Å². The second-order valence-electron chi connectivity index (χ2n) is 10.3. The van der Waals surface area contributed by atoms with Crippen molar-refractivity contribution in [3.8, 4) is 22.4 Å². The van der Waals surface area contributed by atoms with Crippen LogP contribution in [-0.4, -0.2) is 9.97 Å². The van der Waals surface area contributed by atoms with Crippen molar-refractivity contribution >= 4 is 21.9 Å². The molecule has 5 aromatic rings. The molecular formula is C30H30N2O. The predicted octanol–water partition coefficient (Wildman–Crippen LogP) is 8.21. The topological polar surface area (TPSA) is 38.9 Å². The fraction of sp³-hybridized carbons (Fsp3) is 0.267. The smallest absolute Gasteiger partial charge is 0.160 e. The van der Waals surface area contributed by atoms with E-state index in [1.807, 2.05) is 24.7 Å². The molecule has 0 atom stereocenters. The van der Waals surface area contributed by atoms with Gasteiger partial charge in [-0.25, -0.2) is 0 Å². The van der Waals surface area contributed by atoms with Gasteiger partial charge in [-0.2, -0.15) is 0 Å². The molecule has 0 fully saturated rings. The van der Waals surface area contributed by atoms with Crippen LogP contribution < -0.4 is 0 Å². The van der Waals surface area contributed by atoms with Gasteiger partial charge in [0.2, 0.25) is 0 Å². The molecule has 0 unspecified atom stereocenters. The lowest BCUT2D eigenvalue weighted by Crippen LogP contribution is -2.12. The Hall–Kier alpha value is -3.46. The van der Waals surface area contributed by atoms with Gasteiger partial charge in [0.15, 0.2) is 5.58 Å². The van der Waals surface area contributed by atoms with Crippen LogP contribution in [-0.2, 0) is 11.8 Å². The normalized spacial score (nSPS) is 12.2. The number of nitrogens with zero attached hydrogens (tertiary/aromatic N) is 2. The van der Waals surface area contributed by atoms with Gasteiger partial charge in [0.05, 0.1) is 12.0 Å². The number of furan rings is 1. The van der Waals surface area contributed by atoms with Crippen molar-refractivity contribution in [2.75, 3.05) is 0 Å². The standard InChI is InChI=1S/C30H30N2O/c1-19(2)14-23-18-33-29-25(11-13-32-28(23)29)21-10-12-31-27(17-21)22-15-20-8-6-7-9-24(20)26(16-22)30(3,4)5/h6-13,15-19H,14H2,1-5H3. The third-order valence-corrected chi connectivity index (χ3v) is 6.19. The highest BCUT2D eigenvalue weighted by atomic mass is 16.3. The van der Waals surface area contributed by atoms with Crippen molar-refractivity contribution in [2.24, 2.45) is 5.92 Å². The lowest BCUT2D eigenvalue weighted by molar-refractivity contribution is 0.594. The van der Waals surface area contributed by atoms with E-state index in [4.69, 9.17) is 9.40 Å². The molecule has 5 rings (SSSR count). The van der Waals surface area contributed by atoms with E-state index in [1.54, 1.807) is 0 Å². The predicted molar refractivity (Wildman–Crippen MR) is 137 cm³/mol. The largest absolute Gasteiger partial charge is 0.462 e. The number of pyridine rings is 2. The van der Waals surface area contributed by atoms with Crippen LogP contribution in [0.4, 0.5) is 0 Å². The SMILES string of the molecule is CC(C)Cc1coc2c(-c3ccnc(-c4cc(C(C)(C)C)c5ccccc5c4)c3)ccnc12. The Morgan fingerprint density at radius 3 is 2.45 bits per heavy atom. The Morgan fingerprint density at radius 2 is 1.67 bits per heavy atom. The van der Waals surface area contributed by atoms with Crippen molar-refractivity contribution < 1.29 is 4.42 Å². The summed E-state index contributed by atoms with van der Waals surface area (Å²) in [6.07, 6.45) is 6.59. The first-order valence-corrected chi connectivity index (χ1v) is 11.7. The maximum absolute atomic E-state index is 6.02. The molecule has 0 amide bonds. The number of rotatable bonds is 4. The summed E-state index contributed by atoms with van der Waals surface area (Å²) in [5.41, 5.74) is 8.57. The van der Waals surface area contributed by atoms with E-state index >= 15 is 0 Å². The summed E-state index contributed by atoms with van der Waals surface area (Å²) in [5, 5.41) is 2.54. The number of fused-ring (bicyclic) bond motifs is 2. The summed E-state index contributed by atoms with van der Waals surface area (Å²) >= 11 is 0. The highest BCUT2D eigenvalue weighted by molar-refractivity contribution is 5.94. The van der Waals surface area contributed by atoms with Crippen molar-refractivity contribution in [3.05, 3.63) is 84.4 Å². The molecule has 166 valence electrons. The zero-order valence-electron chi connectivity index (χ0n) is 20.0. The fourth-order valence-electron chi connectivity index (χ4n) is 4.63. The molecule has 3 heteroatoms. The molecular weight excluding hydrogens is 404 g/mol. The summed E-state index contributed by atoms with van der Waals surface area (Å²) < 4.78 is 6.02. The summed E-state index contributed by atoms with van der Waals surface area (Å²) in [6, 6.07) is 19.4. The summed E-state index contributed by atoms with van der Waals surface area (Å²) in [5.74, 6) is 0.550. The van der Waals surface area contributed by atoms with E-state index in [2.05, 4.69) is 88.1 Å². The van der Waals surface area contributed by atoms with Crippen LogP contribution in [0.5, 0.6) is 0 Å². The van der Waals surface area contributed by atoms with Gasteiger partial charge in [0.1, 0.15) is 5.52 Å². The number of hydrogen-bond acceptors (Lipinski definition) is 3. The van der Waals surface area contributed by atoms with Crippen molar-refractivity contribution in [3.63, 3.8) is 0 Å². The van der Waals surface area contributed by atoms with Gasteiger partial charge >= 0.3 is 0 Å². The molecule has 3 heterocycles. The zero-order chi connectivity index (χ0) is 23.2. The molecule has 0 saturated heterocycles. The molecule has 0 spiro atoms. The minimum atomic E-state index is 0.0332. The molecule has 33 heavy (non-hydrogen) atoms.